The van der Waals surface area contributed by atoms with Crippen LogP contribution in [0.15, 0.2) is 40.5 Å². The summed E-state index contributed by atoms with van der Waals surface area (Å²) in [5.74, 6) is 0.667. The second-order valence-electron chi connectivity index (χ2n) is 7.82. The van der Waals surface area contributed by atoms with Crippen LogP contribution in [0.1, 0.15) is 36.2 Å². The van der Waals surface area contributed by atoms with Crippen molar-refractivity contribution in [2.24, 2.45) is 0 Å². The molecule has 3 aromatic heterocycles. The summed E-state index contributed by atoms with van der Waals surface area (Å²) in [7, 11) is 0. The van der Waals surface area contributed by atoms with Gasteiger partial charge in [-0.15, -0.1) is 0 Å². The topological polar surface area (TPSA) is 87.5 Å². The molecule has 30 heavy (non-hydrogen) atoms. The summed E-state index contributed by atoms with van der Waals surface area (Å²) in [6.07, 6.45) is 7.71. The third kappa shape index (κ3) is 4.13. The van der Waals surface area contributed by atoms with Gasteiger partial charge in [0.05, 0.1) is 6.26 Å². The minimum atomic E-state index is -0.0157. The number of aromatic nitrogens is 3. The summed E-state index contributed by atoms with van der Waals surface area (Å²) in [6, 6.07) is 5.96. The highest BCUT2D eigenvalue weighted by atomic mass is 32.1. The van der Waals surface area contributed by atoms with Crippen LogP contribution >= 0.6 is 11.3 Å². The van der Waals surface area contributed by atoms with E-state index >= 15 is 0 Å². The molecule has 8 nitrogen and oxygen atoms in total. The molecule has 1 amide bonds. The van der Waals surface area contributed by atoms with E-state index < -0.39 is 0 Å². The zero-order chi connectivity index (χ0) is 20.3. The fourth-order valence-electron chi connectivity index (χ4n) is 4.36. The van der Waals surface area contributed by atoms with Gasteiger partial charge in [-0.1, -0.05) is 11.3 Å². The molecule has 2 saturated heterocycles. The van der Waals surface area contributed by atoms with E-state index in [1.807, 2.05) is 22.4 Å². The number of rotatable bonds is 5. The van der Waals surface area contributed by atoms with Gasteiger partial charge < -0.3 is 14.1 Å². The predicted molar refractivity (Wildman–Crippen MR) is 113 cm³/mol. The largest absolute Gasteiger partial charge is 0.467 e. The summed E-state index contributed by atoms with van der Waals surface area (Å²) in [4.78, 5) is 21.5. The lowest BCUT2D eigenvalue weighted by molar-refractivity contribution is 0.0422. The van der Waals surface area contributed by atoms with Gasteiger partial charge in [-0.3, -0.25) is 14.8 Å². The fraction of sp³-hybridized carbons (Fsp3) is 0.476. The first-order valence-electron chi connectivity index (χ1n) is 10.4. The van der Waals surface area contributed by atoms with Crippen molar-refractivity contribution in [2.45, 2.75) is 37.8 Å². The maximum absolute atomic E-state index is 12.8. The third-order valence-corrected chi connectivity index (χ3v) is 6.67. The lowest BCUT2D eigenvalue weighted by atomic mass is 9.98. The number of piperidine rings is 2. The van der Waals surface area contributed by atoms with E-state index in [0.29, 0.717) is 17.5 Å². The van der Waals surface area contributed by atoms with Crippen molar-refractivity contribution in [1.82, 2.24) is 25.0 Å². The molecule has 0 aliphatic carbocycles. The number of nitrogens with one attached hydrogen (secondary N) is 1. The maximum atomic E-state index is 12.8. The fourth-order valence-corrected chi connectivity index (χ4v) is 4.91. The van der Waals surface area contributed by atoms with Crippen LogP contribution in [0, 0.1) is 0 Å². The van der Waals surface area contributed by atoms with Crippen LogP contribution in [0.25, 0.3) is 11.5 Å². The molecule has 158 valence electrons. The number of thiazole rings is 1. The molecule has 0 bridgehead atoms. The molecular weight excluding hydrogens is 402 g/mol. The van der Waals surface area contributed by atoms with Gasteiger partial charge in [-0.25, -0.2) is 4.98 Å². The molecule has 5 rings (SSSR count). The number of hydrogen-bond acceptors (Lipinski definition) is 7. The number of ether oxygens (including phenoxy) is 1. The van der Waals surface area contributed by atoms with Gasteiger partial charge in [-0.2, -0.15) is 5.10 Å². The summed E-state index contributed by atoms with van der Waals surface area (Å²) >= 11 is 1.55. The Hall–Kier alpha value is -2.65. The monoisotopic (exact) mass is 427 g/mol. The maximum Gasteiger partial charge on any atom is 0.274 e. The lowest BCUT2D eigenvalue weighted by Crippen LogP contribution is -2.50. The molecule has 0 radical (unpaired) electrons. The molecule has 0 saturated carbocycles. The second-order valence-corrected chi connectivity index (χ2v) is 8.68. The van der Waals surface area contributed by atoms with E-state index in [4.69, 9.17) is 9.15 Å². The van der Waals surface area contributed by atoms with Gasteiger partial charge in [0, 0.05) is 49.9 Å². The zero-order valence-electron chi connectivity index (χ0n) is 16.7. The van der Waals surface area contributed by atoms with Crippen LogP contribution in [0.2, 0.25) is 0 Å². The number of hydrogen-bond donors (Lipinski definition) is 1. The standard InChI is InChI=1S/C21H25N5O3S/c27-20(18-14-17(23-24-18)19-2-1-12-28-19)26-8-3-15(4-9-26)25-10-5-16(6-11-25)29-21-22-7-13-30-21/h1-2,7,12-16H,3-6,8-11H2,(H,23,24). The smallest absolute Gasteiger partial charge is 0.274 e. The highest BCUT2D eigenvalue weighted by molar-refractivity contribution is 7.11. The molecule has 0 unspecified atom stereocenters. The summed E-state index contributed by atoms with van der Waals surface area (Å²) in [5.41, 5.74) is 1.17. The first-order chi connectivity index (χ1) is 14.8. The molecule has 0 spiro atoms. The molecular formula is C21H25N5O3S. The zero-order valence-corrected chi connectivity index (χ0v) is 17.5. The average molecular weight is 428 g/mol. The number of furan rings is 1. The molecule has 3 aromatic rings. The summed E-state index contributed by atoms with van der Waals surface area (Å²) < 4.78 is 11.3. The lowest BCUT2D eigenvalue weighted by Gasteiger charge is -2.41. The molecule has 2 fully saturated rings. The number of likely N-dealkylation sites (tertiary alicyclic amines) is 2. The minimum absolute atomic E-state index is 0.0157. The van der Waals surface area contributed by atoms with Crippen molar-refractivity contribution < 1.29 is 13.9 Å². The quantitative estimate of drug-likeness (QED) is 0.672. The van der Waals surface area contributed by atoms with E-state index in [-0.39, 0.29) is 12.0 Å². The number of carbonyl (C=O) groups is 1. The van der Waals surface area contributed by atoms with E-state index in [1.165, 1.54) is 0 Å². The molecule has 0 atom stereocenters. The van der Waals surface area contributed by atoms with Crippen molar-refractivity contribution >= 4 is 17.2 Å². The molecule has 2 aliphatic heterocycles. The first-order valence-corrected chi connectivity index (χ1v) is 11.3. The van der Waals surface area contributed by atoms with E-state index in [0.717, 1.165) is 62.7 Å². The Morgan fingerprint density at radius 3 is 2.73 bits per heavy atom. The van der Waals surface area contributed by atoms with Crippen LogP contribution in [-0.4, -0.2) is 69.2 Å². The van der Waals surface area contributed by atoms with Crippen LogP contribution in [0.5, 0.6) is 5.19 Å². The van der Waals surface area contributed by atoms with E-state index in [2.05, 4.69) is 20.1 Å². The summed E-state index contributed by atoms with van der Waals surface area (Å²) in [6.45, 7) is 3.62. The molecule has 1 N–H and O–H groups in total. The number of aromatic amines is 1. The van der Waals surface area contributed by atoms with Gasteiger partial charge in [0.15, 0.2) is 11.5 Å². The molecule has 9 heteroatoms. The Balaban J connectivity index is 1.10. The van der Waals surface area contributed by atoms with Crippen molar-refractivity contribution in [2.75, 3.05) is 26.2 Å². The normalized spacial score (nSPS) is 19.3. The number of H-pyrrole nitrogens is 1. The summed E-state index contributed by atoms with van der Waals surface area (Å²) in [5, 5.41) is 9.80. The molecule has 0 aromatic carbocycles. The van der Waals surface area contributed by atoms with Gasteiger partial charge in [0.2, 0.25) is 0 Å². The van der Waals surface area contributed by atoms with Crippen molar-refractivity contribution in [3.8, 4) is 16.6 Å². The van der Waals surface area contributed by atoms with Crippen LogP contribution < -0.4 is 4.74 Å². The average Bonchev–Trinajstić information content (AvgIpc) is 3.56. The number of carbonyl (C=O) groups excluding carboxylic acids is 1. The van der Waals surface area contributed by atoms with Crippen LogP contribution in [-0.2, 0) is 0 Å². The molecule has 2 aliphatic rings. The minimum Gasteiger partial charge on any atom is -0.467 e. The van der Waals surface area contributed by atoms with Crippen LogP contribution in [0.3, 0.4) is 0 Å². The van der Waals surface area contributed by atoms with Gasteiger partial charge in [0.1, 0.15) is 11.8 Å². The number of amides is 1. The molecule has 5 heterocycles. The first kappa shape index (κ1) is 19.3. The van der Waals surface area contributed by atoms with E-state index in [1.54, 1.807) is 29.9 Å². The van der Waals surface area contributed by atoms with Crippen molar-refractivity contribution in [1.29, 1.82) is 0 Å². The van der Waals surface area contributed by atoms with Crippen LogP contribution in [0.4, 0.5) is 0 Å². The van der Waals surface area contributed by atoms with Crippen molar-refractivity contribution in [3.05, 3.63) is 41.7 Å². The highest BCUT2D eigenvalue weighted by Gasteiger charge is 2.31. The SMILES string of the molecule is O=C(c1cc(-c2ccco2)[nH]n1)N1CCC(N2CCC(Oc3nccs3)CC2)CC1. The Labute approximate surface area is 178 Å². The van der Waals surface area contributed by atoms with Gasteiger partial charge in [0.25, 0.3) is 11.1 Å². The second kappa shape index (κ2) is 8.61. The van der Waals surface area contributed by atoms with Gasteiger partial charge >= 0.3 is 0 Å². The third-order valence-electron chi connectivity index (χ3n) is 6.01. The Kier molecular flexibility index (Phi) is 5.54. The number of nitrogens with zero attached hydrogens (tertiary/aromatic N) is 4. The van der Waals surface area contributed by atoms with Crippen molar-refractivity contribution in [3.63, 3.8) is 0 Å². The predicted octanol–water partition coefficient (Wildman–Crippen LogP) is 3.27. The Morgan fingerprint density at radius 2 is 2.03 bits per heavy atom. The highest BCUT2D eigenvalue weighted by Crippen LogP contribution is 2.25. The Bertz CT molecular complexity index is 939. The van der Waals surface area contributed by atoms with Gasteiger partial charge in [-0.05, 0) is 37.8 Å². The Morgan fingerprint density at radius 1 is 1.20 bits per heavy atom. The van der Waals surface area contributed by atoms with E-state index in [9.17, 15) is 4.79 Å².